The molecule has 1 heterocycles. The lowest BCUT2D eigenvalue weighted by molar-refractivity contribution is -0.00860. The van der Waals surface area contributed by atoms with E-state index >= 15 is 0 Å². The van der Waals surface area contributed by atoms with Crippen molar-refractivity contribution in [2.75, 3.05) is 13.2 Å². The van der Waals surface area contributed by atoms with Crippen LogP contribution in [0.4, 0.5) is 4.79 Å². The molecule has 1 aliphatic heterocycles. The topological polar surface area (TPSA) is 64.6 Å². The quantitative estimate of drug-likeness (QED) is 0.652. The Balaban J connectivity index is 1.80. The normalized spacial score (nSPS) is 24.4. The van der Waals surface area contributed by atoms with Gasteiger partial charge in [0, 0.05) is 24.5 Å². The van der Waals surface area contributed by atoms with Gasteiger partial charge in [-0.1, -0.05) is 44.2 Å². The van der Waals surface area contributed by atoms with E-state index in [0.717, 1.165) is 13.0 Å². The highest BCUT2D eigenvalue weighted by atomic mass is 16.3. The average molecular weight is 400 g/mol. The summed E-state index contributed by atoms with van der Waals surface area (Å²) >= 11 is 0. The molecule has 0 radical (unpaired) electrons. The van der Waals surface area contributed by atoms with Crippen molar-refractivity contribution in [2.24, 2.45) is 0 Å². The molecular weight excluding hydrogens is 362 g/mol. The summed E-state index contributed by atoms with van der Waals surface area (Å²) in [5, 5.41) is 16.5. The third-order valence-corrected chi connectivity index (χ3v) is 6.07. The van der Waals surface area contributed by atoms with E-state index in [-0.39, 0.29) is 36.7 Å². The van der Waals surface area contributed by atoms with Crippen LogP contribution in [0.25, 0.3) is 5.57 Å². The smallest absolute Gasteiger partial charge is 0.318 e. The predicted octanol–water partition coefficient (Wildman–Crippen LogP) is 3.89. The van der Waals surface area contributed by atoms with Gasteiger partial charge in [0.2, 0.25) is 0 Å². The Morgan fingerprint density at radius 1 is 1.10 bits per heavy atom. The van der Waals surface area contributed by atoms with Crippen molar-refractivity contribution >= 4 is 11.6 Å². The lowest BCUT2D eigenvalue weighted by Gasteiger charge is -2.55. The number of aliphatic hydroxyl groups excluding tert-OH is 1. The summed E-state index contributed by atoms with van der Waals surface area (Å²) < 4.78 is 0. The van der Waals surface area contributed by atoms with Crippen LogP contribution in [0, 0.1) is 0 Å². The fourth-order valence-corrected chi connectivity index (χ4v) is 4.62. The summed E-state index contributed by atoms with van der Waals surface area (Å²) in [5.74, 6) is 0.138. The molecule has 3 atom stereocenters. The van der Waals surface area contributed by atoms with Gasteiger partial charge in [0.05, 0.1) is 18.7 Å². The average Bonchev–Trinajstić information content (AvgIpc) is 2.68. The van der Waals surface area contributed by atoms with Gasteiger partial charge in [0.15, 0.2) is 0 Å². The van der Waals surface area contributed by atoms with Crippen LogP contribution < -0.4 is 10.6 Å². The first-order chi connectivity index (χ1) is 13.9. The number of carbonyl (C=O) groups is 1. The van der Waals surface area contributed by atoms with Crippen LogP contribution >= 0.6 is 0 Å². The van der Waals surface area contributed by atoms with Gasteiger partial charge in [-0.25, -0.2) is 4.79 Å². The number of rotatable bonds is 7. The molecular formula is C24H37N3O2. The molecule has 5 heteroatoms. The fourth-order valence-electron chi connectivity index (χ4n) is 4.62. The number of carbonyl (C=O) groups excluding carboxylic acids is 1. The van der Waals surface area contributed by atoms with Gasteiger partial charge in [0.1, 0.15) is 0 Å². The van der Waals surface area contributed by atoms with Crippen molar-refractivity contribution in [2.45, 2.75) is 83.5 Å². The molecule has 0 unspecified atom stereocenters. The molecule has 5 nitrogen and oxygen atoms in total. The van der Waals surface area contributed by atoms with Crippen LogP contribution in [0.15, 0.2) is 30.3 Å². The van der Waals surface area contributed by atoms with Crippen molar-refractivity contribution in [3.63, 3.8) is 0 Å². The minimum absolute atomic E-state index is 0.0265. The molecule has 0 aromatic heterocycles. The molecule has 3 rings (SSSR count). The fraction of sp³-hybridized carbons (Fsp3) is 0.625. The van der Waals surface area contributed by atoms with Gasteiger partial charge >= 0.3 is 6.03 Å². The summed E-state index contributed by atoms with van der Waals surface area (Å²) in [6.07, 6.45) is 7.26. The van der Waals surface area contributed by atoms with Crippen LogP contribution in [0.3, 0.4) is 0 Å². The van der Waals surface area contributed by atoms with Gasteiger partial charge in [-0.05, 0) is 56.2 Å². The SMILES string of the molecule is CC(C)NC[C@@H]1[C@H](c2ccc(C3=CCCCC3)cc2)[C@H](CO)N1C(=O)NC(C)C. The van der Waals surface area contributed by atoms with E-state index in [1.807, 2.05) is 18.7 Å². The van der Waals surface area contributed by atoms with Crippen LogP contribution in [0.2, 0.25) is 0 Å². The van der Waals surface area contributed by atoms with Crippen molar-refractivity contribution in [1.82, 2.24) is 15.5 Å². The zero-order valence-corrected chi connectivity index (χ0v) is 18.3. The van der Waals surface area contributed by atoms with E-state index in [0.29, 0.717) is 6.04 Å². The summed E-state index contributed by atoms with van der Waals surface area (Å²) in [7, 11) is 0. The largest absolute Gasteiger partial charge is 0.394 e. The zero-order valence-electron chi connectivity index (χ0n) is 18.3. The van der Waals surface area contributed by atoms with Gasteiger partial charge < -0.3 is 20.6 Å². The Kier molecular flexibility index (Phi) is 7.36. The Labute approximate surface area is 175 Å². The minimum atomic E-state index is -0.188. The van der Waals surface area contributed by atoms with Crippen LogP contribution in [0.5, 0.6) is 0 Å². The molecule has 1 aromatic rings. The number of benzene rings is 1. The number of allylic oxidation sites excluding steroid dienone is 2. The van der Waals surface area contributed by atoms with E-state index in [4.69, 9.17) is 0 Å². The van der Waals surface area contributed by atoms with Crippen molar-refractivity contribution in [3.05, 3.63) is 41.5 Å². The highest BCUT2D eigenvalue weighted by molar-refractivity contribution is 5.77. The summed E-state index contributed by atoms with van der Waals surface area (Å²) in [6, 6.07) is 8.99. The zero-order chi connectivity index (χ0) is 21.0. The number of hydrogen-bond donors (Lipinski definition) is 3. The summed E-state index contributed by atoms with van der Waals surface area (Å²) in [5.41, 5.74) is 3.96. The third kappa shape index (κ3) is 5.01. The maximum absolute atomic E-state index is 12.8. The molecule has 1 aliphatic carbocycles. The number of urea groups is 1. The number of nitrogens with zero attached hydrogens (tertiary/aromatic N) is 1. The van der Waals surface area contributed by atoms with Crippen molar-refractivity contribution in [1.29, 1.82) is 0 Å². The first-order valence-electron chi connectivity index (χ1n) is 11.1. The van der Waals surface area contributed by atoms with Gasteiger partial charge in [-0.15, -0.1) is 0 Å². The molecule has 1 saturated heterocycles. The van der Waals surface area contributed by atoms with E-state index < -0.39 is 0 Å². The summed E-state index contributed by atoms with van der Waals surface area (Å²) in [6.45, 7) is 8.84. The van der Waals surface area contributed by atoms with E-state index in [1.165, 1.54) is 36.0 Å². The van der Waals surface area contributed by atoms with Gasteiger partial charge in [0.25, 0.3) is 0 Å². The second kappa shape index (κ2) is 9.77. The number of amides is 2. The Morgan fingerprint density at radius 3 is 2.38 bits per heavy atom. The standard InChI is InChI=1S/C24H37N3O2/c1-16(2)25-14-21-23(22(15-28)27(21)24(29)26-17(3)4)20-12-10-19(11-13-20)18-8-6-5-7-9-18/h8,10-13,16-17,21-23,25,28H,5-7,9,14-15H2,1-4H3,(H,26,29)/t21-,22+,23+/m1/s1. The maximum atomic E-state index is 12.8. The number of likely N-dealkylation sites (tertiary alicyclic amines) is 1. The highest BCUT2D eigenvalue weighted by Gasteiger charge is 2.51. The minimum Gasteiger partial charge on any atom is -0.394 e. The molecule has 0 spiro atoms. The predicted molar refractivity (Wildman–Crippen MR) is 119 cm³/mol. The molecule has 3 N–H and O–H groups in total. The Morgan fingerprint density at radius 2 is 1.83 bits per heavy atom. The first-order valence-corrected chi connectivity index (χ1v) is 11.1. The van der Waals surface area contributed by atoms with E-state index in [2.05, 4.69) is 54.8 Å². The number of nitrogens with one attached hydrogen (secondary N) is 2. The number of aliphatic hydroxyl groups is 1. The molecule has 2 aliphatic rings. The number of hydrogen-bond acceptors (Lipinski definition) is 3. The molecule has 1 fully saturated rings. The summed E-state index contributed by atoms with van der Waals surface area (Å²) in [4.78, 5) is 14.6. The second-order valence-electron chi connectivity index (χ2n) is 9.01. The molecule has 2 amide bonds. The van der Waals surface area contributed by atoms with Crippen molar-refractivity contribution < 1.29 is 9.90 Å². The highest BCUT2D eigenvalue weighted by Crippen LogP contribution is 2.41. The van der Waals surface area contributed by atoms with Crippen LogP contribution in [-0.2, 0) is 0 Å². The molecule has 0 bridgehead atoms. The van der Waals surface area contributed by atoms with Crippen LogP contribution in [0.1, 0.15) is 70.4 Å². The second-order valence-corrected chi connectivity index (χ2v) is 9.01. The lowest BCUT2D eigenvalue weighted by atomic mass is 9.75. The van der Waals surface area contributed by atoms with Gasteiger partial charge in [-0.3, -0.25) is 0 Å². The van der Waals surface area contributed by atoms with Crippen molar-refractivity contribution in [3.8, 4) is 0 Å². The monoisotopic (exact) mass is 399 g/mol. The van der Waals surface area contributed by atoms with Crippen LogP contribution in [-0.4, -0.2) is 53.4 Å². The molecule has 29 heavy (non-hydrogen) atoms. The molecule has 1 aromatic carbocycles. The molecule has 160 valence electrons. The van der Waals surface area contributed by atoms with E-state index in [9.17, 15) is 9.90 Å². The Bertz CT molecular complexity index is 711. The maximum Gasteiger partial charge on any atom is 0.318 e. The molecule has 0 saturated carbocycles. The van der Waals surface area contributed by atoms with Gasteiger partial charge in [-0.2, -0.15) is 0 Å². The third-order valence-electron chi connectivity index (χ3n) is 6.07. The lowest BCUT2D eigenvalue weighted by Crippen LogP contribution is -2.70. The first kappa shape index (κ1) is 21.8. The van der Waals surface area contributed by atoms with E-state index in [1.54, 1.807) is 0 Å². The Hall–Kier alpha value is -1.85.